The number of rotatable bonds is 1. The highest BCUT2D eigenvalue weighted by Crippen LogP contribution is 2.26. The highest BCUT2D eigenvalue weighted by molar-refractivity contribution is 9.71. The van der Waals surface area contributed by atoms with Gasteiger partial charge in [0.05, 0.1) is 0 Å². The van der Waals surface area contributed by atoms with Gasteiger partial charge in [-0.2, -0.15) is 0 Å². The average Bonchev–Trinajstić information content (AvgIpc) is 1.35. The fourth-order valence-corrected chi connectivity index (χ4v) is 0. The second kappa shape index (κ2) is 2.98. The topological polar surface area (TPSA) is 9.23 Å². The summed E-state index contributed by atoms with van der Waals surface area (Å²) < 4.78 is 3.33. The van der Waals surface area contributed by atoms with E-state index in [1.54, 1.807) is 0 Å². The predicted molar refractivity (Wildman–Crippen MR) is 43.6 cm³/mol. The zero-order valence-electron chi connectivity index (χ0n) is 3.04. The van der Waals surface area contributed by atoms with Crippen LogP contribution in [0.15, 0.2) is 0 Å². The Morgan fingerprint density at radius 1 is 1.33 bits per heavy atom. The van der Waals surface area contributed by atoms with Crippen molar-refractivity contribution in [3.63, 3.8) is 0 Å². The van der Waals surface area contributed by atoms with E-state index in [2.05, 4.69) is 45.9 Å². The smallest absolute Gasteiger partial charge is 0.398 e. The standard InChI is InChI=1S/Br3H3OSi2/c1-6(2,3)4-5/h5H3. The van der Waals surface area contributed by atoms with Gasteiger partial charge < -0.3 is 4.12 Å². The Hall–Kier alpha value is 1.83. The molecule has 0 N–H and O–H groups in total. The molecule has 0 saturated heterocycles. The maximum atomic E-state index is 4.97. The van der Waals surface area contributed by atoms with Crippen LogP contribution in [0.3, 0.4) is 0 Å². The number of halogens is 3. The van der Waals surface area contributed by atoms with Crippen LogP contribution in [0.2, 0.25) is 0 Å². The first kappa shape index (κ1) is 7.83. The summed E-state index contributed by atoms with van der Waals surface area (Å²) in [6.45, 7) is 0. The molecule has 0 bridgehead atoms. The van der Waals surface area contributed by atoms with Crippen LogP contribution >= 0.6 is 45.9 Å². The van der Waals surface area contributed by atoms with Crippen molar-refractivity contribution < 1.29 is 4.12 Å². The summed E-state index contributed by atoms with van der Waals surface area (Å²) in [6, 6.07) is 0. The zero-order valence-corrected chi connectivity index (χ0v) is 10.8. The largest absolute Gasteiger partial charge is 0.441 e. The summed E-state index contributed by atoms with van der Waals surface area (Å²) in [5.74, 6) is 0. The summed E-state index contributed by atoms with van der Waals surface area (Å²) in [5.41, 5.74) is 0. The van der Waals surface area contributed by atoms with Crippen LogP contribution in [0, 0.1) is 0 Å². The van der Waals surface area contributed by atoms with E-state index in [0.717, 1.165) is 10.5 Å². The molecule has 38 valence electrons. The molecular weight excluding hydrogens is 312 g/mol. The molecule has 0 unspecified atom stereocenters. The lowest BCUT2D eigenvalue weighted by atomic mass is 15.8. The lowest BCUT2D eigenvalue weighted by molar-refractivity contribution is 0.676. The molecule has 0 radical (unpaired) electrons. The molecular formula is H3Br3OSi2. The van der Waals surface area contributed by atoms with Gasteiger partial charge in [-0.25, -0.2) is 0 Å². The van der Waals surface area contributed by atoms with Gasteiger partial charge in [0.15, 0.2) is 0 Å². The van der Waals surface area contributed by atoms with Crippen molar-refractivity contribution in [1.29, 1.82) is 0 Å². The summed E-state index contributed by atoms with van der Waals surface area (Å²) >= 11 is 9.79. The summed E-state index contributed by atoms with van der Waals surface area (Å²) in [7, 11) is 0.769. The summed E-state index contributed by atoms with van der Waals surface area (Å²) in [6.07, 6.45) is 0. The third-order valence-electron chi connectivity index (χ3n) is 0.231. The SMILES string of the molecule is [SiH3]O[Si](Br)(Br)Br. The fraction of sp³-hybridized carbons (Fsp3) is 0. The van der Waals surface area contributed by atoms with Crippen LogP contribution in [0.1, 0.15) is 0 Å². The first-order valence-electron chi connectivity index (χ1n) is 1.18. The fourth-order valence-electron chi connectivity index (χ4n) is 0. The van der Waals surface area contributed by atoms with E-state index in [4.69, 9.17) is 4.12 Å². The second-order valence-corrected chi connectivity index (χ2v) is 22.8. The van der Waals surface area contributed by atoms with E-state index in [0.29, 0.717) is 0 Å². The van der Waals surface area contributed by atoms with Crippen LogP contribution < -0.4 is 0 Å². The molecule has 0 spiro atoms. The van der Waals surface area contributed by atoms with E-state index in [1.165, 1.54) is 0 Å². The maximum Gasteiger partial charge on any atom is 0.398 e. The lowest BCUT2D eigenvalue weighted by Crippen LogP contribution is -2.09. The normalized spacial score (nSPS) is 12.5. The third-order valence-corrected chi connectivity index (χ3v) is 10.8. The minimum absolute atomic E-state index is 0.769. The van der Waals surface area contributed by atoms with Crippen molar-refractivity contribution in [2.24, 2.45) is 0 Å². The molecule has 0 saturated carbocycles. The average molecular weight is 315 g/mol. The molecule has 6 heteroatoms. The second-order valence-electron chi connectivity index (χ2n) is 0.650. The molecule has 0 heterocycles. The Balaban J connectivity index is 3.17. The van der Waals surface area contributed by atoms with Gasteiger partial charge in [-0.05, 0) is 0 Å². The molecule has 1 nitrogen and oxygen atoms in total. The Morgan fingerprint density at radius 2 is 1.50 bits per heavy atom. The quantitative estimate of drug-likeness (QED) is 0.516. The van der Waals surface area contributed by atoms with Crippen molar-refractivity contribution in [2.45, 2.75) is 0 Å². The zero-order chi connectivity index (χ0) is 5.21. The van der Waals surface area contributed by atoms with Gasteiger partial charge in [-0.3, -0.25) is 0 Å². The van der Waals surface area contributed by atoms with E-state index >= 15 is 0 Å². The van der Waals surface area contributed by atoms with Crippen molar-refractivity contribution in [1.82, 2.24) is 0 Å². The van der Waals surface area contributed by atoms with Gasteiger partial charge >= 0.3 is 4.18 Å². The minimum Gasteiger partial charge on any atom is -0.441 e. The first-order valence-corrected chi connectivity index (χ1v) is 10.7. The summed E-state index contributed by atoms with van der Waals surface area (Å²) in [4.78, 5) is 0. The molecule has 0 rings (SSSR count). The van der Waals surface area contributed by atoms with Crippen molar-refractivity contribution in [3.05, 3.63) is 0 Å². The molecule has 0 atom stereocenters. The van der Waals surface area contributed by atoms with Crippen LogP contribution in [0.25, 0.3) is 0 Å². The molecule has 6 heavy (non-hydrogen) atoms. The van der Waals surface area contributed by atoms with Crippen molar-refractivity contribution >= 4 is 60.5 Å². The third kappa shape index (κ3) is 5.83. The number of hydrogen-bond acceptors (Lipinski definition) is 1. The van der Waals surface area contributed by atoms with Gasteiger partial charge in [-0.15, -0.1) is 0 Å². The van der Waals surface area contributed by atoms with Crippen LogP contribution in [-0.4, -0.2) is 14.7 Å². The lowest BCUT2D eigenvalue weighted by Gasteiger charge is -2.02. The molecule has 0 fully saturated rings. The first-order chi connectivity index (χ1) is 2.56. The molecule has 0 aromatic rings. The van der Waals surface area contributed by atoms with E-state index in [-0.39, 0.29) is 0 Å². The van der Waals surface area contributed by atoms with Crippen molar-refractivity contribution in [2.75, 3.05) is 0 Å². The van der Waals surface area contributed by atoms with Gasteiger partial charge in [0.2, 0.25) is 0 Å². The van der Waals surface area contributed by atoms with Crippen molar-refractivity contribution in [3.8, 4) is 0 Å². The van der Waals surface area contributed by atoms with Crippen LogP contribution in [0.5, 0.6) is 0 Å². The van der Waals surface area contributed by atoms with Crippen LogP contribution in [-0.2, 0) is 4.12 Å². The van der Waals surface area contributed by atoms with E-state index in [9.17, 15) is 0 Å². The molecule has 0 aliphatic heterocycles. The molecule has 0 amide bonds. The van der Waals surface area contributed by atoms with Gasteiger partial charge in [0.25, 0.3) is 0 Å². The highest BCUT2D eigenvalue weighted by atomic mass is 80.0. The molecule has 0 aromatic heterocycles. The van der Waals surface area contributed by atoms with Gasteiger partial charge in [0, 0.05) is 0 Å². The highest BCUT2D eigenvalue weighted by Gasteiger charge is 2.19. The molecule has 0 aliphatic rings. The molecule has 0 aromatic carbocycles. The maximum absolute atomic E-state index is 4.97. The van der Waals surface area contributed by atoms with E-state index < -0.39 is 4.18 Å². The Bertz CT molecular complexity index is 38.5. The summed E-state index contributed by atoms with van der Waals surface area (Å²) in [5, 5.41) is 0. The Morgan fingerprint density at radius 3 is 1.50 bits per heavy atom. The van der Waals surface area contributed by atoms with E-state index in [1.807, 2.05) is 0 Å². The Labute approximate surface area is 64.2 Å². The minimum atomic E-state index is -1.63. The number of hydrogen-bond donors (Lipinski definition) is 0. The predicted octanol–water partition coefficient (Wildman–Crippen LogP) is 0.904. The van der Waals surface area contributed by atoms with Gasteiger partial charge in [0.1, 0.15) is 10.5 Å². The Kier molecular flexibility index (Phi) is 3.89. The van der Waals surface area contributed by atoms with Gasteiger partial charge in [-0.1, -0.05) is 45.9 Å². The van der Waals surface area contributed by atoms with Crippen LogP contribution in [0.4, 0.5) is 0 Å². The monoisotopic (exact) mass is 312 g/mol. The molecule has 0 aliphatic carbocycles.